The van der Waals surface area contributed by atoms with E-state index in [0.717, 1.165) is 14.6 Å². The molecule has 7 heteroatoms. The first-order valence-electron chi connectivity index (χ1n) is 8.22. The van der Waals surface area contributed by atoms with Gasteiger partial charge in [-0.2, -0.15) is 0 Å². The molecular weight excluding hydrogens is 378 g/mol. The SMILES string of the molecule is CNC(=O)c1ccccc1C#CCNC(=O)CSc1nc2ccccc2s1. The maximum Gasteiger partial charge on any atom is 0.252 e. The molecule has 2 aromatic carbocycles. The number of fused-ring (bicyclic) bond motifs is 1. The predicted molar refractivity (Wildman–Crippen MR) is 110 cm³/mol. The minimum Gasteiger partial charge on any atom is -0.355 e. The summed E-state index contributed by atoms with van der Waals surface area (Å²) in [7, 11) is 1.58. The molecule has 0 unspecified atom stereocenters. The first-order chi connectivity index (χ1) is 13.2. The number of nitrogens with zero attached hydrogens (tertiary/aromatic N) is 1. The van der Waals surface area contributed by atoms with Crippen molar-refractivity contribution in [2.45, 2.75) is 4.34 Å². The van der Waals surface area contributed by atoms with Gasteiger partial charge in [0, 0.05) is 12.6 Å². The highest BCUT2D eigenvalue weighted by Crippen LogP contribution is 2.28. The molecule has 136 valence electrons. The third kappa shape index (κ3) is 5.09. The standard InChI is InChI=1S/C20H17N3O2S2/c1-21-19(25)15-9-3-2-7-14(15)8-6-12-22-18(24)13-26-20-23-16-10-4-5-11-17(16)27-20/h2-5,7,9-11H,12-13H2,1H3,(H,21,25)(H,22,24). The average molecular weight is 396 g/mol. The summed E-state index contributed by atoms with van der Waals surface area (Å²) in [6.07, 6.45) is 0. The Morgan fingerprint density at radius 1 is 1.15 bits per heavy atom. The lowest BCUT2D eigenvalue weighted by Gasteiger charge is -2.02. The fourth-order valence-electron chi connectivity index (χ4n) is 2.30. The zero-order chi connectivity index (χ0) is 19.1. The highest BCUT2D eigenvalue weighted by Gasteiger charge is 2.08. The minimum atomic E-state index is -0.184. The van der Waals surface area contributed by atoms with Crippen LogP contribution in [0.3, 0.4) is 0 Å². The molecule has 0 spiro atoms. The van der Waals surface area contributed by atoms with Gasteiger partial charge in [-0.1, -0.05) is 47.9 Å². The number of benzene rings is 2. The van der Waals surface area contributed by atoms with E-state index in [4.69, 9.17) is 0 Å². The Kier molecular flexibility index (Phi) is 6.47. The maximum absolute atomic E-state index is 12.0. The number of hydrogen-bond acceptors (Lipinski definition) is 5. The van der Waals surface area contributed by atoms with E-state index in [-0.39, 0.29) is 24.1 Å². The molecule has 5 nitrogen and oxygen atoms in total. The van der Waals surface area contributed by atoms with E-state index in [1.54, 1.807) is 36.6 Å². The molecule has 0 aliphatic carbocycles. The van der Waals surface area contributed by atoms with Crippen LogP contribution in [0.25, 0.3) is 10.2 Å². The van der Waals surface area contributed by atoms with Crippen LogP contribution in [0.4, 0.5) is 0 Å². The lowest BCUT2D eigenvalue weighted by atomic mass is 10.1. The molecule has 27 heavy (non-hydrogen) atoms. The van der Waals surface area contributed by atoms with Crippen molar-refractivity contribution in [1.82, 2.24) is 15.6 Å². The zero-order valence-electron chi connectivity index (χ0n) is 14.6. The van der Waals surface area contributed by atoms with Gasteiger partial charge in [0.15, 0.2) is 4.34 Å². The molecule has 0 saturated carbocycles. The van der Waals surface area contributed by atoms with Gasteiger partial charge in [0.05, 0.1) is 28.1 Å². The average Bonchev–Trinajstić information content (AvgIpc) is 3.12. The number of rotatable bonds is 5. The second kappa shape index (κ2) is 9.21. The summed E-state index contributed by atoms with van der Waals surface area (Å²) in [6.45, 7) is 0.224. The van der Waals surface area contributed by atoms with Crippen LogP contribution in [0.15, 0.2) is 52.9 Å². The lowest BCUT2D eigenvalue weighted by Crippen LogP contribution is -2.25. The van der Waals surface area contributed by atoms with Crippen molar-refractivity contribution in [3.05, 3.63) is 59.7 Å². The van der Waals surface area contributed by atoms with Crippen LogP contribution in [-0.4, -0.2) is 36.1 Å². The molecule has 0 atom stereocenters. The number of nitrogens with one attached hydrogen (secondary N) is 2. The van der Waals surface area contributed by atoms with Crippen molar-refractivity contribution in [2.24, 2.45) is 0 Å². The molecule has 3 rings (SSSR count). The second-order valence-corrected chi connectivity index (χ2v) is 7.69. The molecule has 0 aliphatic heterocycles. The number of aromatic nitrogens is 1. The van der Waals surface area contributed by atoms with E-state index in [0.29, 0.717) is 11.1 Å². The maximum atomic E-state index is 12.0. The Hall–Kier alpha value is -2.82. The normalized spacial score (nSPS) is 10.1. The highest BCUT2D eigenvalue weighted by atomic mass is 32.2. The molecule has 0 saturated heterocycles. The molecule has 1 heterocycles. The molecule has 0 radical (unpaired) electrons. The fourth-order valence-corrected chi connectivity index (χ4v) is 4.20. The Labute approximate surface area is 165 Å². The number of hydrogen-bond donors (Lipinski definition) is 2. The first-order valence-corrected chi connectivity index (χ1v) is 10.0. The number of carbonyl (C=O) groups is 2. The van der Waals surface area contributed by atoms with Crippen LogP contribution < -0.4 is 10.6 Å². The Balaban J connectivity index is 1.50. The molecule has 2 N–H and O–H groups in total. The fraction of sp³-hybridized carbons (Fsp3) is 0.150. The molecular formula is C20H17N3O2S2. The molecule has 0 fully saturated rings. The first kappa shape index (κ1) is 19.0. The predicted octanol–water partition coefficient (Wildman–Crippen LogP) is 2.92. The summed E-state index contributed by atoms with van der Waals surface area (Å²) in [6, 6.07) is 15.0. The number of thioether (sulfide) groups is 1. The summed E-state index contributed by atoms with van der Waals surface area (Å²) in [4.78, 5) is 28.3. The monoisotopic (exact) mass is 395 g/mol. The number of amides is 2. The van der Waals surface area contributed by atoms with E-state index in [9.17, 15) is 9.59 Å². The van der Waals surface area contributed by atoms with Gasteiger partial charge in [-0.25, -0.2) is 4.98 Å². The summed E-state index contributed by atoms with van der Waals surface area (Å²) >= 11 is 2.99. The molecule has 0 bridgehead atoms. The highest BCUT2D eigenvalue weighted by molar-refractivity contribution is 8.01. The van der Waals surface area contributed by atoms with Gasteiger partial charge in [0.1, 0.15) is 0 Å². The van der Waals surface area contributed by atoms with Gasteiger partial charge in [-0.3, -0.25) is 9.59 Å². The largest absolute Gasteiger partial charge is 0.355 e. The Bertz CT molecular complexity index is 1000. The van der Waals surface area contributed by atoms with Gasteiger partial charge >= 0.3 is 0 Å². The van der Waals surface area contributed by atoms with E-state index in [1.807, 2.05) is 30.3 Å². The third-order valence-electron chi connectivity index (χ3n) is 3.60. The second-order valence-electron chi connectivity index (χ2n) is 5.44. The Morgan fingerprint density at radius 2 is 1.93 bits per heavy atom. The third-order valence-corrected chi connectivity index (χ3v) is 5.78. The molecule has 2 amide bonds. The van der Waals surface area contributed by atoms with Crippen molar-refractivity contribution in [2.75, 3.05) is 19.3 Å². The zero-order valence-corrected chi connectivity index (χ0v) is 16.2. The summed E-state index contributed by atoms with van der Waals surface area (Å²) < 4.78 is 1.98. The van der Waals surface area contributed by atoms with E-state index < -0.39 is 0 Å². The summed E-state index contributed by atoms with van der Waals surface area (Å²) in [5.41, 5.74) is 2.10. The van der Waals surface area contributed by atoms with Crippen molar-refractivity contribution < 1.29 is 9.59 Å². The van der Waals surface area contributed by atoms with Crippen molar-refractivity contribution >= 4 is 45.1 Å². The van der Waals surface area contributed by atoms with Gasteiger partial charge < -0.3 is 10.6 Å². The van der Waals surface area contributed by atoms with Crippen LogP contribution >= 0.6 is 23.1 Å². The van der Waals surface area contributed by atoms with E-state index >= 15 is 0 Å². The van der Waals surface area contributed by atoms with E-state index in [2.05, 4.69) is 27.5 Å². The molecule has 1 aromatic heterocycles. The quantitative estimate of drug-likeness (QED) is 0.515. The van der Waals surface area contributed by atoms with Crippen LogP contribution in [0.1, 0.15) is 15.9 Å². The van der Waals surface area contributed by atoms with Gasteiger partial charge in [-0.05, 0) is 24.3 Å². The van der Waals surface area contributed by atoms with Crippen LogP contribution in [0.5, 0.6) is 0 Å². The number of para-hydroxylation sites is 1. The van der Waals surface area contributed by atoms with Crippen molar-refractivity contribution in [1.29, 1.82) is 0 Å². The summed E-state index contributed by atoms with van der Waals surface area (Å²) in [5, 5.41) is 5.35. The molecule has 3 aromatic rings. The minimum absolute atomic E-state index is 0.104. The van der Waals surface area contributed by atoms with Crippen LogP contribution in [-0.2, 0) is 4.79 Å². The van der Waals surface area contributed by atoms with Gasteiger partial charge in [-0.15, -0.1) is 11.3 Å². The molecule has 0 aliphatic rings. The number of carbonyl (C=O) groups excluding carboxylic acids is 2. The van der Waals surface area contributed by atoms with Gasteiger partial charge in [0.25, 0.3) is 5.91 Å². The Morgan fingerprint density at radius 3 is 2.74 bits per heavy atom. The van der Waals surface area contributed by atoms with Crippen LogP contribution in [0, 0.1) is 11.8 Å². The number of thiazole rings is 1. The summed E-state index contributed by atoms with van der Waals surface area (Å²) in [5.74, 6) is 5.82. The topological polar surface area (TPSA) is 71.1 Å². The lowest BCUT2D eigenvalue weighted by molar-refractivity contribution is -0.118. The van der Waals surface area contributed by atoms with E-state index in [1.165, 1.54) is 11.8 Å². The van der Waals surface area contributed by atoms with Gasteiger partial charge in [0.2, 0.25) is 5.91 Å². The van der Waals surface area contributed by atoms with Crippen LogP contribution in [0.2, 0.25) is 0 Å². The van der Waals surface area contributed by atoms with Crippen molar-refractivity contribution in [3.8, 4) is 11.8 Å². The van der Waals surface area contributed by atoms with Crippen molar-refractivity contribution in [3.63, 3.8) is 0 Å². The smallest absolute Gasteiger partial charge is 0.252 e.